The molecular formula is C26H24ClFN4O3. The highest BCUT2D eigenvalue weighted by atomic mass is 35.5. The highest BCUT2D eigenvalue weighted by Crippen LogP contribution is 2.41. The Morgan fingerprint density at radius 2 is 1.86 bits per heavy atom. The molecule has 1 fully saturated rings. The molecule has 3 heterocycles. The summed E-state index contributed by atoms with van der Waals surface area (Å²) in [6.07, 6.45) is 5.00. The molecule has 0 radical (unpaired) electrons. The molecule has 0 amide bonds. The Morgan fingerprint density at radius 3 is 2.51 bits per heavy atom. The minimum atomic E-state index is -0.495. The first-order chi connectivity index (χ1) is 16.8. The van der Waals surface area contributed by atoms with E-state index in [0.717, 1.165) is 5.82 Å². The van der Waals surface area contributed by atoms with Gasteiger partial charge in [-0.1, -0.05) is 17.7 Å². The van der Waals surface area contributed by atoms with E-state index in [2.05, 4.69) is 9.88 Å². The van der Waals surface area contributed by atoms with Crippen molar-refractivity contribution in [1.29, 1.82) is 0 Å². The van der Waals surface area contributed by atoms with Crippen LogP contribution in [0.15, 0.2) is 65.8 Å². The molecule has 1 aliphatic rings. The fourth-order valence-corrected chi connectivity index (χ4v) is 4.61. The fourth-order valence-electron chi connectivity index (χ4n) is 4.34. The number of phenolic OH excluding ortho intramolecular Hbond substituents is 1. The summed E-state index contributed by atoms with van der Waals surface area (Å²) in [6.45, 7) is 4.02. The average molecular weight is 495 g/mol. The largest absolute Gasteiger partial charge is 0.507 e. The topological polar surface area (TPSA) is 72.5 Å². The van der Waals surface area contributed by atoms with Crippen LogP contribution in [-0.2, 0) is 11.8 Å². The Labute approximate surface area is 206 Å². The van der Waals surface area contributed by atoms with Crippen LogP contribution in [0.1, 0.15) is 6.92 Å². The second-order valence-corrected chi connectivity index (χ2v) is 9.01. The molecule has 180 valence electrons. The van der Waals surface area contributed by atoms with Crippen molar-refractivity contribution in [1.82, 2.24) is 14.1 Å². The summed E-state index contributed by atoms with van der Waals surface area (Å²) in [6, 6.07) is 11.1. The van der Waals surface area contributed by atoms with Gasteiger partial charge in [-0.05, 0) is 54.4 Å². The lowest BCUT2D eigenvalue weighted by Gasteiger charge is -2.32. The number of aryl methyl sites for hydroxylation is 1. The summed E-state index contributed by atoms with van der Waals surface area (Å²) >= 11 is 6.49. The first-order valence-corrected chi connectivity index (χ1v) is 11.6. The molecule has 1 atom stereocenters. The molecule has 2 aromatic heterocycles. The first-order valence-electron chi connectivity index (χ1n) is 11.2. The zero-order chi connectivity index (χ0) is 24.7. The van der Waals surface area contributed by atoms with E-state index >= 15 is 0 Å². The van der Waals surface area contributed by atoms with Crippen molar-refractivity contribution >= 4 is 17.4 Å². The van der Waals surface area contributed by atoms with Crippen LogP contribution in [-0.4, -0.2) is 45.0 Å². The third-order valence-electron chi connectivity index (χ3n) is 6.16. The van der Waals surface area contributed by atoms with E-state index in [-0.39, 0.29) is 17.5 Å². The van der Waals surface area contributed by atoms with E-state index in [4.69, 9.17) is 16.3 Å². The molecule has 5 rings (SSSR count). The number of benzene rings is 2. The molecule has 0 aliphatic carbocycles. The zero-order valence-corrected chi connectivity index (χ0v) is 20.0. The summed E-state index contributed by atoms with van der Waals surface area (Å²) in [7, 11) is 1.65. The van der Waals surface area contributed by atoms with Crippen molar-refractivity contribution < 1.29 is 14.2 Å². The van der Waals surface area contributed by atoms with E-state index in [1.54, 1.807) is 49.9 Å². The monoisotopic (exact) mass is 494 g/mol. The van der Waals surface area contributed by atoms with Crippen molar-refractivity contribution in [3.63, 3.8) is 0 Å². The third-order valence-corrected chi connectivity index (χ3v) is 6.46. The number of hydrogen-bond donors (Lipinski definition) is 1. The summed E-state index contributed by atoms with van der Waals surface area (Å²) in [5, 5.41) is 11.5. The molecule has 0 spiro atoms. The fraction of sp³-hybridized carbons (Fsp3) is 0.231. The minimum absolute atomic E-state index is 0.0698. The highest BCUT2D eigenvalue weighted by Gasteiger charge is 2.20. The second kappa shape index (κ2) is 9.20. The van der Waals surface area contributed by atoms with Crippen LogP contribution < -0.4 is 10.6 Å². The number of pyridine rings is 1. The molecule has 1 saturated heterocycles. The number of anilines is 1. The number of halogens is 2. The van der Waals surface area contributed by atoms with E-state index in [0.29, 0.717) is 52.7 Å². The average Bonchev–Trinajstić information content (AvgIpc) is 3.18. The molecule has 1 unspecified atom stereocenters. The van der Waals surface area contributed by atoms with Gasteiger partial charge in [0.1, 0.15) is 17.4 Å². The number of imidazole rings is 1. The third kappa shape index (κ3) is 4.42. The second-order valence-electron chi connectivity index (χ2n) is 8.61. The van der Waals surface area contributed by atoms with Crippen LogP contribution >= 0.6 is 11.6 Å². The van der Waals surface area contributed by atoms with Crippen molar-refractivity contribution in [3.05, 3.63) is 82.4 Å². The van der Waals surface area contributed by atoms with Gasteiger partial charge in [-0.25, -0.2) is 14.2 Å². The standard InChI is InChI=1S/C26H24ClFN4O3/c1-16-15-31(9-10-35-16)24-12-18(5-6-29-24)21-14-19(28)13-20(25(21)33)17-3-4-23(22(27)11-17)32-8-7-30(2)26(32)34/h3-8,11-14,16,33H,9-10,15H2,1-2H3. The van der Waals surface area contributed by atoms with E-state index < -0.39 is 5.82 Å². The zero-order valence-electron chi connectivity index (χ0n) is 19.3. The molecule has 4 aromatic rings. The molecule has 1 N–H and O–H groups in total. The van der Waals surface area contributed by atoms with Crippen LogP contribution in [0.25, 0.3) is 27.9 Å². The SMILES string of the molecule is CC1CN(c2cc(-c3cc(F)cc(-c4ccc(-n5ccn(C)c5=O)c(Cl)c4)c3O)ccn2)CCO1. The van der Waals surface area contributed by atoms with Gasteiger partial charge < -0.3 is 19.3 Å². The van der Waals surface area contributed by atoms with Gasteiger partial charge in [0.2, 0.25) is 0 Å². The Morgan fingerprint density at radius 1 is 1.11 bits per heavy atom. The van der Waals surface area contributed by atoms with Crippen molar-refractivity contribution in [2.75, 3.05) is 24.6 Å². The van der Waals surface area contributed by atoms with Gasteiger partial charge in [0.15, 0.2) is 0 Å². The predicted molar refractivity (Wildman–Crippen MR) is 134 cm³/mol. The Kier molecular flexibility index (Phi) is 6.08. The lowest BCUT2D eigenvalue weighted by Crippen LogP contribution is -2.41. The summed E-state index contributed by atoms with van der Waals surface area (Å²) in [5.74, 6) is 0.175. The Bertz CT molecular complexity index is 1470. The Balaban J connectivity index is 1.54. The number of rotatable bonds is 4. The molecule has 1 aliphatic heterocycles. The van der Waals surface area contributed by atoms with Gasteiger partial charge in [-0.2, -0.15) is 0 Å². The minimum Gasteiger partial charge on any atom is -0.507 e. The molecule has 2 aromatic carbocycles. The molecule has 7 nitrogen and oxygen atoms in total. The van der Waals surface area contributed by atoms with Gasteiger partial charge in [0, 0.05) is 49.9 Å². The van der Waals surface area contributed by atoms with Crippen molar-refractivity contribution in [3.8, 4) is 33.7 Å². The maximum absolute atomic E-state index is 14.8. The quantitative estimate of drug-likeness (QED) is 0.448. The van der Waals surface area contributed by atoms with Crippen LogP contribution in [0.3, 0.4) is 0 Å². The van der Waals surface area contributed by atoms with E-state index in [1.807, 2.05) is 13.0 Å². The highest BCUT2D eigenvalue weighted by molar-refractivity contribution is 6.32. The number of phenols is 1. The number of aromatic hydroxyl groups is 1. The van der Waals surface area contributed by atoms with Crippen LogP contribution in [0.2, 0.25) is 5.02 Å². The van der Waals surface area contributed by atoms with Gasteiger partial charge in [0.05, 0.1) is 23.4 Å². The summed E-state index contributed by atoms with van der Waals surface area (Å²) < 4.78 is 23.2. The number of hydrogen-bond acceptors (Lipinski definition) is 5. The van der Waals surface area contributed by atoms with Crippen LogP contribution in [0, 0.1) is 5.82 Å². The number of ether oxygens (including phenoxy) is 1. The van der Waals surface area contributed by atoms with Gasteiger partial charge in [-0.3, -0.25) is 4.57 Å². The molecule has 0 saturated carbocycles. The van der Waals surface area contributed by atoms with Gasteiger partial charge in [0.25, 0.3) is 0 Å². The first kappa shape index (κ1) is 23.1. The molecule has 0 bridgehead atoms. The maximum atomic E-state index is 14.8. The molecule has 35 heavy (non-hydrogen) atoms. The van der Waals surface area contributed by atoms with E-state index in [9.17, 15) is 14.3 Å². The number of nitrogens with zero attached hydrogens (tertiary/aromatic N) is 4. The number of aromatic nitrogens is 3. The summed E-state index contributed by atoms with van der Waals surface area (Å²) in [5.41, 5.74) is 2.08. The van der Waals surface area contributed by atoms with E-state index in [1.165, 1.54) is 21.3 Å². The molecular weight excluding hydrogens is 471 g/mol. The van der Waals surface area contributed by atoms with Crippen molar-refractivity contribution in [2.24, 2.45) is 7.05 Å². The van der Waals surface area contributed by atoms with Gasteiger partial charge in [-0.15, -0.1) is 0 Å². The number of morpholine rings is 1. The normalized spacial score (nSPS) is 16.0. The Hall–Kier alpha value is -3.62. The maximum Gasteiger partial charge on any atom is 0.332 e. The smallest absolute Gasteiger partial charge is 0.332 e. The van der Waals surface area contributed by atoms with Gasteiger partial charge >= 0.3 is 5.69 Å². The lowest BCUT2D eigenvalue weighted by atomic mass is 9.97. The van der Waals surface area contributed by atoms with Crippen LogP contribution in [0.4, 0.5) is 10.2 Å². The molecule has 9 heteroatoms. The lowest BCUT2D eigenvalue weighted by molar-refractivity contribution is 0.0529. The summed E-state index contributed by atoms with van der Waals surface area (Å²) in [4.78, 5) is 18.9. The van der Waals surface area contributed by atoms with Crippen molar-refractivity contribution in [2.45, 2.75) is 13.0 Å². The van der Waals surface area contributed by atoms with Crippen LogP contribution in [0.5, 0.6) is 5.75 Å². The predicted octanol–water partition coefficient (Wildman–Crippen LogP) is 4.63.